The smallest absolute Gasteiger partial charge is 0.116 e. The molecule has 0 aliphatic rings. The first-order valence-corrected chi connectivity index (χ1v) is 7.41. The highest BCUT2D eigenvalue weighted by molar-refractivity contribution is 5.81. The average Bonchev–Trinajstić information content (AvgIpc) is 2.75. The van der Waals surface area contributed by atoms with Crippen LogP contribution in [-0.2, 0) is 12.8 Å². The molecule has 0 atom stereocenters. The van der Waals surface area contributed by atoms with Crippen LogP contribution in [0, 0.1) is 27.7 Å². The van der Waals surface area contributed by atoms with Gasteiger partial charge in [0.15, 0.2) is 0 Å². The second kappa shape index (κ2) is 5.32. The number of aromatic nitrogens is 3. The van der Waals surface area contributed by atoms with E-state index in [1.807, 2.05) is 0 Å². The number of aromatic amines is 1. The van der Waals surface area contributed by atoms with Crippen molar-refractivity contribution >= 4 is 11.0 Å². The molecule has 0 amide bonds. The number of aryl methyl sites for hydroxylation is 5. The van der Waals surface area contributed by atoms with E-state index < -0.39 is 0 Å². The Morgan fingerprint density at radius 1 is 0.952 bits per heavy atom. The van der Waals surface area contributed by atoms with Gasteiger partial charge in [0.2, 0.25) is 0 Å². The Balaban J connectivity index is 1.94. The molecule has 0 radical (unpaired) electrons. The molecular formula is C18H21N3. The highest BCUT2D eigenvalue weighted by Gasteiger charge is 2.11. The molecule has 2 aromatic heterocycles. The molecule has 0 bridgehead atoms. The maximum absolute atomic E-state index is 4.49. The zero-order valence-electron chi connectivity index (χ0n) is 13.1. The molecule has 3 heteroatoms. The number of hydrogen-bond acceptors (Lipinski definition) is 2. The van der Waals surface area contributed by atoms with E-state index in [0.717, 1.165) is 29.6 Å². The molecule has 0 aliphatic heterocycles. The first-order chi connectivity index (χ1) is 10.1. The van der Waals surface area contributed by atoms with Crippen LogP contribution in [0.1, 0.15) is 33.6 Å². The van der Waals surface area contributed by atoms with Crippen molar-refractivity contribution < 1.29 is 0 Å². The van der Waals surface area contributed by atoms with Crippen LogP contribution >= 0.6 is 0 Å². The average molecular weight is 279 g/mol. The van der Waals surface area contributed by atoms with Crippen LogP contribution in [0.3, 0.4) is 0 Å². The molecular weight excluding hydrogens is 258 g/mol. The molecule has 0 fully saturated rings. The Morgan fingerprint density at radius 3 is 2.38 bits per heavy atom. The lowest BCUT2D eigenvalue weighted by atomic mass is 9.97. The topological polar surface area (TPSA) is 41.6 Å². The SMILES string of the molecule is Cc1cccc(C)c1CCc1ncnc2c(C)c(C)[nH]c12. The Morgan fingerprint density at radius 2 is 1.67 bits per heavy atom. The van der Waals surface area contributed by atoms with Gasteiger partial charge in [-0.25, -0.2) is 9.97 Å². The van der Waals surface area contributed by atoms with Crippen LogP contribution in [0.25, 0.3) is 11.0 Å². The van der Waals surface area contributed by atoms with Crippen LogP contribution in [0.15, 0.2) is 24.5 Å². The summed E-state index contributed by atoms with van der Waals surface area (Å²) in [6.45, 7) is 8.56. The Labute approximate surface area is 125 Å². The van der Waals surface area contributed by atoms with E-state index in [-0.39, 0.29) is 0 Å². The van der Waals surface area contributed by atoms with E-state index in [4.69, 9.17) is 0 Å². The summed E-state index contributed by atoms with van der Waals surface area (Å²) >= 11 is 0. The lowest BCUT2D eigenvalue weighted by molar-refractivity contribution is 0.898. The first-order valence-electron chi connectivity index (χ1n) is 7.41. The maximum atomic E-state index is 4.49. The van der Waals surface area contributed by atoms with Crippen LogP contribution in [0.5, 0.6) is 0 Å². The molecule has 3 nitrogen and oxygen atoms in total. The fourth-order valence-corrected chi connectivity index (χ4v) is 2.97. The molecule has 3 aromatic rings. The normalized spacial score (nSPS) is 11.2. The summed E-state index contributed by atoms with van der Waals surface area (Å²) < 4.78 is 0. The highest BCUT2D eigenvalue weighted by atomic mass is 14.9. The van der Waals surface area contributed by atoms with Crippen molar-refractivity contribution in [2.75, 3.05) is 0 Å². The molecule has 108 valence electrons. The third-order valence-corrected chi connectivity index (χ3v) is 4.41. The fraction of sp³-hybridized carbons (Fsp3) is 0.333. The molecule has 0 spiro atoms. The number of hydrogen-bond donors (Lipinski definition) is 1. The van der Waals surface area contributed by atoms with E-state index in [1.54, 1.807) is 6.33 Å². The van der Waals surface area contributed by atoms with Gasteiger partial charge < -0.3 is 4.98 Å². The van der Waals surface area contributed by atoms with Crippen LogP contribution in [0.2, 0.25) is 0 Å². The molecule has 1 aromatic carbocycles. The molecule has 0 aliphatic carbocycles. The number of nitrogens with zero attached hydrogens (tertiary/aromatic N) is 2. The number of H-pyrrole nitrogens is 1. The summed E-state index contributed by atoms with van der Waals surface area (Å²) in [5.41, 5.74) is 9.82. The zero-order chi connectivity index (χ0) is 15.0. The predicted molar refractivity (Wildman–Crippen MR) is 86.7 cm³/mol. The van der Waals surface area contributed by atoms with Crippen molar-refractivity contribution in [3.8, 4) is 0 Å². The van der Waals surface area contributed by atoms with E-state index in [0.29, 0.717) is 0 Å². The third-order valence-electron chi connectivity index (χ3n) is 4.41. The lowest BCUT2D eigenvalue weighted by Crippen LogP contribution is -2.00. The fourth-order valence-electron chi connectivity index (χ4n) is 2.97. The van der Waals surface area contributed by atoms with Gasteiger partial charge in [-0.3, -0.25) is 0 Å². The van der Waals surface area contributed by atoms with Crippen molar-refractivity contribution in [2.45, 2.75) is 40.5 Å². The Bertz CT molecular complexity index is 779. The number of benzene rings is 1. The largest absolute Gasteiger partial charge is 0.356 e. The van der Waals surface area contributed by atoms with E-state index in [1.165, 1.54) is 27.9 Å². The van der Waals surface area contributed by atoms with Crippen molar-refractivity contribution in [3.63, 3.8) is 0 Å². The van der Waals surface area contributed by atoms with Gasteiger partial charge in [0.1, 0.15) is 6.33 Å². The van der Waals surface area contributed by atoms with Gasteiger partial charge in [0, 0.05) is 5.69 Å². The summed E-state index contributed by atoms with van der Waals surface area (Å²) in [5.74, 6) is 0. The second-order valence-corrected chi connectivity index (χ2v) is 5.79. The first kappa shape index (κ1) is 13.8. The minimum atomic E-state index is 0.935. The van der Waals surface area contributed by atoms with Gasteiger partial charge in [-0.15, -0.1) is 0 Å². The van der Waals surface area contributed by atoms with Gasteiger partial charge >= 0.3 is 0 Å². The molecule has 0 saturated carbocycles. The summed E-state index contributed by atoms with van der Waals surface area (Å²) in [6.07, 6.45) is 3.63. The van der Waals surface area contributed by atoms with Gasteiger partial charge in [-0.2, -0.15) is 0 Å². The van der Waals surface area contributed by atoms with Crippen molar-refractivity contribution in [1.82, 2.24) is 15.0 Å². The predicted octanol–water partition coefficient (Wildman–Crippen LogP) is 3.98. The Hall–Kier alpha value is -2.16. The van der Waals surface area contributed by atoms with Crippen molar-refractivity contribution in [3.05, 3.63) is 58.2 Å². The number of nitrogens with one attached hydrogen (secondary N) is 1. The van der Waals surface area contributed by atoms with Gasteiger partial charge in [-0.1, -0.05) is 18.2 Å². The van der Waals surface area contributed by atoms with Gasteiger partial charge in [-0.05, 0) is 62.8 Å². The van der Waals surface area contributed by atoms with Crippen molar-refractivity contribution in [2.24, 2.45) is 0 Å². The molecule has 3 rings (SSSR count). The van der Waals surface area contributed by atoms with E-state index in [2.05, 4.69) is 60.8 Å². The molecule has 0 saturated heterocycles. The lowest BCUT2D eigenvalue weighted by Gasteiger charge is -2.09. The zero-order valence-corrected chi connectivity index (χ0v) is 13.1. The van der Waals surface area contributed by atoms with Gasteiger partial charge in [0.25, 0.3) is 0 Å². The van der Waals surface area contributed by atoms with Crippen molar-refractivity contribution in [1.29, 1.82) is 0 Å². The van der Waals surface area contributed by atoms with Crippen LogP contribution in [-0.4, -0.2) is 15.0 Å². The maximum Gasteiger partial charge on any atom is 0.116 e. The number of fused-ring (bicyclic) bond motifs is 1. The van der Waals surface area contributed by atoms with Crippen LogP contribution in [0.4, 0.5) is 0 Å². The molecule has 1 N–H and O–H groups in total. The van der Waals surface area contributed by atoms with Gasteiger partial charge in [0.05, 0.1) is 16.7 Å². The third kappa shape index (κ3) is 2.44. The van der Waals surface area contributed by atoms with E-state index in [9.17, 15) is 0 Å². The second-order valence-electron chi connectivity index (χ2n) is 5.79. The summed E-state index contributed by atoms with van der Waals surface area (Å²) in [4.78, 5) is 12.3. The minimum absolute atomic E-state index is 0.935. The molecule has 21 heavy (non-hydrogen) atoms. The summed E-state index contributed by atoms with van der Waals surface area (Å²) in [7, 11) is 0. The molecule has 0 unspecified atom stereocenters. The monoisotopic (exact) mass is 279 g/mol. The summed E-state index contributed by atoms with van der Waals surface area (Å²) in [6, 6.07) is 6.48. The minimum Gasteiger partial charge on any atom is -0.356 e. The number of rotatable bonds is 3. The summed E-state index contributed by atoms with van der Waals surface area (Å²) in [5, 5.41) is 0. The Kier molecular flexibility index (Phi) is 3.50. The quantitative estimate of drug-likeness (QED) is 0.788. The highest BCUT2D eigenvalue weighted by Crippen LogP contribution is 2.22. The van der Waals surface area contributed by atoms with Crippen LogP contribution < -0.4 is 0 Å². The standard InChI is InChI=1S/C18H21N3/c1-11-6-5-7-12(2)15(11)8-9-16-18-17(20-10-19-16)13(3)14(4)21-18/h5-7,10,21H,8-9H2,1-4H3. The van der Waals surface area contributed by atoms with E-state index >= 15 is 0 Å². The molecule has 2 heterocycles.